The fourth-order valence-electron chi connectivity index (χ4n) is 1.29. The van der Waals surface area contributed by atoms with Gasteiger partial charge in [-0.05, 0) is 12.1 Å². The lowest BCUT2D eigenvalue weighted by atomic mass is 10.3. The van der Waals surface area contributed by atoms with E-state index >= 15 is 0 Å². The number of anilines is 2. The van der Waals surface area contributed by atoms with Crippen molar-refractivity contribution in [1.82, 2.24) is 9.97 Å². The van der Waals surface area contributed by atoms with Gasteiger partial charge in [-0.25, -0.2) is 14.4 Å². The fraction of sp³-hybridized carbons (Fsp3) is 0.0909. The van der Waals surface area contributed by atoms with Crippen LogP contribution >= 0.6 is 11.6 Å². The van der Waals surface area contributed by atoms with Crippen LogP contribution in [0.25, 0.3) is 0 Å². The van der Waals surface area contributed by atoms with Gasteiger partial charge in [0.1, 0.15) is 17.3 Å². The Hall–Kier alpha value is -1.88. The van der Waals surface area contributed by atoms with Crippen molar-refractivity contribution in [3.8, 4) is 5.75 Å². The van der Waals surface area contributed by atoms with Crippen molar-refractivity contribution in [2.24, 2.45) is 0 Å². The third-order valence-electron chi connectivity index (χ3n) is 2.06. The van der Waals surface area contributed by atoms with E-state index in [4.69, 9.17) is 16.3 Å². The molecule has 1 N–H and O–H groups in total. The van der Waals surface area contributed by atoms with Gasteiger partial charge in [-0.2, -0.15) is 0 Å². The first-order chi connectivity index (χ1) is 8.19. The normalized spacial score (nSPS) is 10.1. The van der Waals surface area contributed by atoms with E-state index < -0.39 is 5.82 Å². The Kier molecular flexibility index (Phi) is 3.39. The van der Waals surface area contributed by atoms with E-state index in [1.165, 1.54) is 25.6 Å². The second-order valence-corrected chi connectivity index (χ2v) is 3.59. The summed E-state index contributed by atoms with van der Waals surface area (Å²) in [7, 11) is 1.41. The molecule has 0 amide bonds. The molecule has 0 unspecified atom stereocenters. The molecule has 0 aliphatic heterocycles. The van der Waals surface area contributed by atoms with Crippen molar-refractivity contribution in [3.63, 3.8) is 0 Å². The number of aromatic nitrogens is 2. The van der Waals surface area contributed by atoms with Crippen molar-refractivity contribution in [2.45, 2.75) is 0 Å². The lowest BCUT2D eigenvalue weighted by Gasteiger charge is -2.07. The highest BCUT2D eigenvalue weighted by Crippen LogP contribution is 2.23. The van der Waals surface area contributed by atoms with Gasteiger partial charge in [0.25, 0.3) is 0 Å². The summed E-state index contributed by atoms with van der Waals surface area (Å²) in [6.07, 6.45) is 1.34. The Morgan fingerprint density at radius 2 is 2.12 bits per heavy atom. The van der Waals surface area contributed by atoms with Crippen molar-refractivity contribution in [3.05, 3.63) is 41.6 Å². The molecule has 2 rings (SSSR count). The van der Waals surface area contributed by atoms with Crippen LogP contribution in [0.3, 0.4) is 0 Å². The van der Waals surface area contributed by atoms with Crippen LogP contribution in [0.5, 0.6) is 5.75 Å². The lowest BCUT2D eigenvalue weighted by Crippen LogP contribution is -1.96. The van der Waals surface area contributed by atoms with Crippen LogP contribution in [-0.4, -0.2) is 17.1 Å². The van der Waals surface area contributed by atoms with E-state index in [0.29, 0.717) is 16.7 Å². The van der Waals surface area contributed by atoms with Gasteiger partial charge in [0.15, 0.2) is 11.6 Å². The third kappa shape index (κ3) is 2.82. The maximum Gasteiger partial charge on any atom is 0.165 e. The van der Waals surface area contributed by atoms with Crippen LogP contribution in [0.2, 0.25) is 5.15 Å². The molecule has 0 aliphatic rings. The van der Waals surface area contributed by atoms with Gasteiger partial charge in [0, 0.05) is 17.8 Å². The highest BCUT2D eigenvalue weighted by Gasteiger charge is 2.04. The van der Waals surface area contributed by atoms with Crippen LogP contribution in [0.15, 0.2) is 30.6 Å². The molecule has 1 heterocycles. The molecule has 1 aromatic carbocycles. The molecular weight excluding hydrogens is 245 g/mol. The highest BCUT2D eigenvalue weighted by molar-refractivity contribution is 6.29. The van der Waals surface area contributed by atoms with Crippen molar-refractivity contribution in [1.29, 1.82) is 0 Å². The summed E-state index contributed by atoms with van der Waals surface area (Å²) in [6, 6.07) is 5.99. The van der Waals surface area contributed by atoms with E-state index in [9.17, 15) is 4.39 Å². The molecule has 0 bridgehead atoms. The molecule has 17 heavy (non-hydrogen) atoms. The second-order valence-electron chi connectivity index (χ2n) is 3.20. The molecule has 6 heteroatoms. The monoisotopic (exact) mass is 253 g/mol. The quantitative estimate of drug-likeness (QED) is 0.854. The van der Waals surface area contributed by atoms with Crippen LogP contribution in [0, 0.1) is 5.82 Å². The fourth-order valence-corrected chi connectivity index (χ4v) is 1.43. The predicted molar refractivity (Wildman–Crippen MR) is 63.3 cm³/mol. The van der Waals surface area contributed by atoms with Crippen LogP contribution in [0.4, 0.5) is 15.9 Å². The lowest BCUT2D eigenvalue weighted by molar-refractivity contribution is 0.387. The summed E-state index contributed by atoms with van der Waals surface area (Å²) in [5, 5.41) is 3.29. The zero-order chi connectivity index (χ0) is 12.3. The summed E-state index contributed by atoms with van der Waals surface area (Å²) < 4.78 is 18.0. The molecule has 4 nitrogen and oxygen atoms in total. The molecule has 0 atom stereocenters. The summed E-state index contributed by atoms with van der Waals surface area (Å²) in [4.78, 5) is 7.73. The number of hydrogen-bond acceptors (Lipinski definition) is 4. The number of halogens is 2. The maximum absolute atomic E-state index is 13.2. The minimum Gasteiger partial charge on any atom is -0.494 e. The summed E-state index contributed by atoms with van der Waals surface area (Å²) in [5.74, 6) is 0.271. The van der Waals surface area contributed by atoms with Gasteiger partial charge in [0.2, 0.25) is 0 Å². The number of methoxy groups -OCH3 is 1. The molecule has 1 aromatic heterocycles. The van der Waals surface area contributed by atoms with Gasteiger partial charge in [-0.3, -0.25) is 0 Å². The number of nitrogens with zero attached hydrogens (tertiary/aromatic N) is 2. The Labute approximate surface area is 102 Å². The number of nitrogens with one attached hydrogen (secondary N) is 1. The van der Waals surface area contributed by atoms with Crippen molar-refractivity contribution in [2.75, 3.05) is 12.4 Å². The zero-order valence-corrected chi connectivity index (χ0v) is 9.70. The average Bonchev–Trinajstić information content (AvgIpc) is 2.32. The van der Waals surface area contributed by atoms with E-state index in [-0.39, 0.29) is 5.75 Å². The Bertz CT molecular complexity index is 536. The number of rotatable bonds is 3. The average molecular weight is 254 g/mol. The first kappa shape index (κ1) is 11.6. The predicted octanol–water partition coefficient (Wildman–Crippen LogP) is 3.02. The number of hydrogen-bond donors (Lipinski definition) is 1. The highest BCUT2D eigenvalue weighted by atomic mass is 35.5. The summed E-state index contributed by atoms with van der Waals surface area (Å²) >= 11 is 5.72. The van der Waals surface area contributed by atoms with Gasteiger partial charge in [0.05, 0.1) is 7.11 Å². The van der Waals surface area contributed by atoms with E-state index in [1.807, 2.05) is 0 Å². The smallest absolute Gasteiger partial charge is 0.165 e. The minimum absolute atomic E-state index is 0.162. The van der Waals surface area contributed by atoms with Crippen LogP contribution < -0.4 is 10.1 Å². The molecule has 0 fully saturated rings. The van der Waals surface area contributed by atoms with Gasteiger partial charge >= 0.3 is 0 Å². The summed E-state index contributed by atoms with van der Waals surface area (Å²) in [6.45, 7) is 0. The Balaban J connectivity index is 2.24. The molecule has 2 aromatic rings. The molecule has 0 saturated heterocycles. The molecule has 0 spiro atoms. The van der Waals surface area contributed by atoms with Gasteiger partial charge in [-0.15, -0.1) is 0 Å². The number of ether oxygens (including phenoxy) is 1. The standard InChI is InChI=1S/C11H9ClFN3O/c1-17-9-4-7(2-3-8(9)13)16-11-5-10(12)14-6-15-11/h2-6H,1H3,(H,14,15,16). The number of benzene rings is 1. The van der Waals surface area contributed by atoms with Crippen molar-refractivity contribution >= 4 is 23.1 Å². The molecular formula is C11H9ClFN3O. The third-order valence-corrected chi connectivity index (χ3v) is 2.26. The summed E-state index contributed by atoms with van der Waals surface area (Å²) in [5.41, 5.74) is 0.651. The van der Waals surface area contributed by atoms with Gasteiger partial charge in [-0.1, -0.05) is 11.6 Å². The van der Waals surface area contributed by atoms with E-state index in [1.54, 1.807) is 12.1 Å². The largest absolute Gasteiger partial charge is 0.494 e. The molecule has 0 saturated carbocycles. The minimum atomic E-state index is -0.418. The molecule has 0 radical (unpaired) electrons. The molecule has 88 valence electrons. The van der Waals surface area contributed by atoms with Crippen molar-refractivity contribution < 1.29 is 9.13 Å². The first-order valence-electron chi connectivity index (χ1n) is 4.77. The van der Waals surface area contributed by atoms with Crippen LogP contribution in [-0.2, 0) is 0 Å². The Morgan fingerprint density at radius 1 is 1.29 bits per heavy atom. The maximum atomic E-state index is 13.2. The molecule has 0 aliphatic carbocycles. The van der Waals surface area contributed by atoms with E-state index in [2.05, 4.69) is 15.3 Å². The topological polar surface area (TPSA) is 47.0 Å². The SMILES string of the molecule is COc1cc(Nc2cc(Cl)ncn2)ccc1F. The van der Waals surface area contributed by atoms with Gasteiger partial charge < -0.3 is 10.1 Å². The van der Waals surface area contributed by atoms with Crippen LogP contribution in [0.1, 0.15) is 0 Å². The first-order valence-corrected chi connectivity index (χ1v) is 5.15. The second kappa shape index (κ2) is 4.97. The zero-order valence-electron chi connectivity index (χ0n) is 8.95. The van der Waals surface area contributed by atoms with E-state index in [0.717, 1.165) is 0 Å². The Morgan fingerprint density at radius 3 is 2.82 bits per heavy atom.